The second-order valence-electron chi connectivity index (χ2n) is 8.67. The van der Waals surface area contributed by atoms with E-state index in [0.717, 1.165) is 24.0 Å². The molecule has 2 aliphatic heterocycles. The number of rotatable bonds is 3. The fraction of sp³-hybridized carbons (Fsp3) is 0.545. The minimum Gasteiger partial charge on any atom is -0.445 e. The first-order chi connectivity index (χ1) is 13.2. The van der Waals surface area contributed by atoms with E-state index in [1.54, 1.807) is 4.90 Å². The van der Waals surface area contributed by atoms with Gasteiger partial charge in [-0.25, -0.2) is 9.59 Å². The molecule has 0 unspecified atom stereocenters. The van der Waals surface area contributed by atoms with E-state index in [0.29, 0.717) is 6.54 Å². The third kappa shape index (κ3) is 4.32. The van der Waals surface area contributed by atoms with E-state index in [9.17, 15) is 9.59 Å². The number of hydrogen-bond donors (Lipinski definition) is 0. The average Bonchev–Trinajstić information content (AvgIpc) is 2.92. The number of likely N-dealkylation sites (tertiary alicyclic amines) is 1. The largest absolute Gasteiger partial charge is 0.445 e. The van der Waals surface area contributed by atoms with Crippen LogP contribution in [0.25, 0.3) is 0 Å². The summed E-state index contributed by atoms with van der Waals surface area (Å²) in [7, 11) is 0. The van der Waals surface area contributed by atoms with Crippen LogP contribution < -0.4 is 0 Å². The van der Waals surface area contributed by atoms with Crippen molar-refractivity contribution < 1.29 is 19.1 Å². The van der Waals surface area contributed by atoms with Gasteiger partial charge in [-0.15, -0.1) is 0 Å². The Labute approximate surface area is 167 Å². The van der Waals surface area contributed by atoms with Gasteiger partial charge in [0.15, 0.2) is 0 Å². The van der Waals surface area contributed by atoms with Gasteiger partial charge in [0.2, 0.25) is 0 Å². The Morgan fingerprint density at radius 2 is 1.82 bits per heavy atom. The molecule has 0 aromatic heterocycles. The normalized spacial score (nSPS) is 24.1. The lowest BCUT2D eigenvalue weighted by molar-refractivity contribution is -0.0171. The Bertz CT molecular complexity index is 741. The molecule has 2 bridgehead atoms. The summed E-state index contributed by atoms with van der Waals surface area (Å²) in [5.74, 6) is 0. The molecule has 2 saturated heterocycles. The molecule has 1 aromatic rings. The van der Waals surface area contributed by atoms with E-state index in [4.69, 9.17) is 9.47 Å². The van der Waals surface area contributed by atoms with Crippen molar-refractivity contribution in [2.24, 2.45) is 0 Å². The summed E-state index contributed by atoms with van der Waals surface area (Å²) in [4.78, 5) is 29.1. The van der Waals surface area contributed by atoms with E-state index in [1.165, 1.54) is 0 Å². The van der Waals surface area contributed by atoms with Gasteiger partial charge in [0, 0.05) is 6.54 Å². The minimum atomic E-state index is -0.555. The molecule has 1 aromatic carbocycles. The molecule has 2 heterocycles. The highest BCUT2D eigenvalue weighted by atomic mass is 16.6. The molecule has 3 atom stereocenters. The molecule has 0 radical (unpaired) electrons. The van der Waals surface area contributed by atoms with Crippen molar-refractivity contribution in [1.29, 1.82) is 0 Å². The van der Waals surface area contributed by atoms with Gasteiger partial charge in [0.05, 0.1) is 18.1 Å². The standard InChI is InChI=1S/C22H30N2O4/c1-15(2)19-18-12-11-17(24(18)21(26)28-22(3,4)5)13-23(19)20(25)27-14-16-9-7-6-8-10-16/h6-10,17-19H,1,11-14H2,2-5H3/t17-,18+,19+/m1/s1. The van der Waals surface area contributed by atoms with Crippen molar-refractivity contribution in [3.05, 3.63) is 48.0 Å². The molecule has 28 heavy (non-hydrogen) atoms. The molecule has 6 heteroatoms. The van der Waals surface area contributed by atoms with Gasteiger partial charge in [-0.2, -0.15) is 0 Å². The maximum atomic E-state index is 12.8. The fourth-order valence-corrected chi connectivity index (χ4v) is 4.13. The minimum absolute atomic E-state index is 0.0558. The van der Waals surface area contributed by atoms with Crippen LogP contribution in [0, 0.1) is 0 Å². The van der Waals surface area contributed by atoms with Crippen LogP contribution in [0.3, 0.4) is 0 Å². The average molecular weight is 386 g/mol. The van der Waals surface area contributed by atoms with E-state index < -0.39 is 5.60 Å². The van der Waals surface area contributed by atoms with Crippen molar-refractivity contribution in [1.82, 2.24) is 9.80 Å². The van der Waals surface area contributed by atoms with E-state index >= 15 is 0 Å². The number of carbonyl (C=O) groups excluding carboxylic acids is 2. The zero-order valence-electron chi connectivity index (χ0n) is 17.2. The van der Waals surface area contributed by atoms with Crippen LogP contribution in [0.5, 0.6) is 0 Å². The van der Waals surface area contributed by atoms with Gasteiger partial charge < -0.3 is 9.47 Å². The molecule has 6 nitrogen and oxygen atoms in total. The summed E-state index contributed by atoms with van der Waals surface area (Å²) >= 11 is 0. The van der Waals surface area contributed by atoms with Gasteiger partial charge >= 0.3 is 12.2 Å². The zero-order valence-corrected chi connectivity index (χ0v) is 17.2. The van der Waals surface area contributed by atoms with Gasteiger partial charge in [0.25, 0.3) is 0 Å². The van der Waals surface area contributed by atoms with Crippen molar-refractivity contribution >= 4 is 12.2 Å². The summed E-state index contributed by atoms with van der Waals surface area (Å²) in [6.07, 6.45) is 0.987. The number of ether oxygens (including phenoxy) is 2. The monoisotopic (exact) mass is 386 g/mol. The molecule has 3 rings (SSSR count). The van der Waals surface area contributed by atoms with Crippen LogP contribution in [-0.4, -0.2) is 52.3 Å². The van der Waals surface area contributed by atoms with Crippen molar-refractivity contribution in [2.75, 3.05) is 6.54 Å². The molecule has 152 valence electrons. The molecular weight excluding hydrogens is 356 g/mol. The molecule has 2 fully saturated rings. The second-order valence-corrected chi connectivity index (χ2v) is 8.67. The Morgan fingerprint density at radius 3 is 2.43 bits per heavy atom. The zero-order chi connectivity index (χ0) is 20.5. The summed E-state index contributed by atoms with van der Waals surface area (Å²) in [6.45, 7) is 12.2. The fourth-order valence-electron chi connectivity index (χ4n) is 4.13. The second kappa shape index (κ2) is 7.86. The maximum absolute atomic E-state index is 12.8. The first kappa shape index (κ1) is 20.2. The third-order valence-corrected chi connectivity index (χ3v) is 5.20. The van der Waals surface area contributed by atoms with E-state index in [-0.39, 0.29) is 36.9 Å². The van der Waals surface area contributed by atoms with Crippen molar-refractivity contribution in [3.63, 3.8) is 0 Å². The first-order valence-electron chi connectivity index (χ1n) is 9.81. The lowest BCUT2D eigenvalue weighted by Gasteiger charge is -2.46. The molecular formula is C22H30N2O4. The molecule has 0 saturated carbocycles. The molecule has 0 spiro atoms. The molecule has 2 amide bonds. The molecule has 0 N–H and O–H groups in total. The Kier molecular flexibility index (Phi) is 5.68. The van der Waals surface area contributed by atoms with Gasteiger partial charge in [-0.3, -0.25) is 9.80 Å². The predicted molar refractivity (Wildman–Crippen MR) is 107 cm³/mol. The van der Waals surface area contributed by atoms with E-state index in [2.05, 4.69) is 6.58 Å². The highest BCUT2D eigenvalue weighted by Crippen LogP contribution is 2.38. The third-order valence-electron chi connectivity index (χ3n) is 5.20. The Balaban J connectivity index is 1.73. The van der Waals surface area contributed by atoms with Gasteiger partial charge in [0.1, 0.15) is 12.2 Å². The van der Waals surface area contributed by atoms with E-state index in [1.807, 2.05) is 62.9 Å². The Morgan fingerprint density at radius 1 is 1.14 bits per heavy atom. The van der Waals surface area contributed by atoms with Crippen LogP contribution in [0.2, 0.25) is 0 Å². The van der Waals surface area contributed by atoms with Crippen molar-refractivity contribution in [3.8, 4) is 0 Å². The summed E-state index contributed by atoms with van der Waals surface area (Å²) in [5.41, 5.74) is 1.23. The highest BCUT2D eigenvalue weighted by Gasteiger charge is 2.51. The highest BCUT2D eigenvalue weighted by molar-refractivity contribution is 5.73. The van der Waals surface area contributed by atoms with Crippen LogP contribution in [-0.2, 0) is 16.1 Å². The lowest BCUT2D eigenvalue weighted by Crippen LogP contribution is -2.63. The van der Waals surface area contributed by atoms with Gasteiger partial charge in [-0.05, 0) is 46.1 Å². The number of piperazine rings is 1. The van der Waals surface area contributed by atoms with Crippen molar-refractivity contribution in [2.45, 2.75) is 70.9 Å². The molecule has 0 aliphatic carbocycles. The van der Waals surface area contributed by atoms with Crippen LogP contribution >= 0.6 is 0 Å². The first-order valence-corrected chi connectivity index (χ1v) is 9.81. The van der Waals surface area contributed by atoms with Crippen LogP contribution in [0.1, 0.15) is 46.1 Å². The predicted octanol–water partition coefficient (Wildman–Crippen LogP) is 4.35. The molecule has 2 aliphatic rings. The topological polar surface area (TPSA) is 59.1 Å². The summed E-state index contributed by atoms with van der Waals surface area (Å²) < 4.78 is 11.2. The SMILES string of the molecule is C=C(C)[C@H]1[C@@H]2CC[C@H](CN1C(=O)OCc1ccccc1)N2C(=O)OC(C)(C)C. The number of hydrogen-bond acceptors (Lipinski definition) is 4. The maximum Gasteiger partial charge on any atom is 0.410 e. The summed E-state index contributed by atoms with van der Waals surface area (Å²) in [6, 6.07) is 9.15. The number of nitrogens with zero attached hydrogens (tertiary/aromatic N) is 2. The lowest BCUT2D eigenvalue weighted by atomic mass is 9.97. The number of benzene rings is 1. The number of amides is 2. The number of fused-ring (bicyclic) bond motifs is 2. The number of carbonyl (C=O) groups is 2. The Hall–Kier alpha value is -2.50. The smallest absolute Gasteiger partial charge is 0.410 e. The summed E-state index contributed by atoms with van der Waals surface area (Å²) in [5, 5.41) is 0. The van der Waals surface area contributed by atoms with Crippen LogP contribution in [0.15, 0.2) is 42.5 Å². The quantitative estimate of drug-likeness (QED) is 0.725. The van der Waals surface area contributed by atoms with Crippen LogP contribution in [0.4, 0.5) is 9.59 Å². The van der Waals surface area contributed by atoms with Gasteiger partial charge in [-0.1, -0.05) is 42.5 Å².